The Labute approximate surface area is 108 Å². The Morgan fingerprint density at radius 2 is 1.94 bits per heavy atom. The third-order valence-corrected chi connectivity index (χ3v) is 3.47. The first-order valence-corrected chi connectivity index (χ1v) is 6.55. The lowest BCUT2D eigenvalue weighted by atomic mass is 9.97. The van der Waals surface area contributed by atoms with Gasteiger partial charge in [-0.25, -0.2) is 0 Å². The fraction of sp³-hybridized carbons (Fsp3) is 0.500. The zero-order valence-corrected chi connectivity index (χ0v) is 10.6. The van der Waals surface area contributed by atoms with Gasteiger partial charge in [0, 0.05) is 5.69 Å². The number of piperidine rings is 1. The summed E-state index contributed by atoms with van der Waals surface area (Å²) in [5.41, 5.74) is 6.51. The number of benzene rings is 1. The van der Waals surface area contributed by atoms with Gasteiger partial charge < -0.3 is 11.1 Å². The Hall–Kier alpha value is -1.39. The van der Waals surface area contributed by atoms with Crippen LogP contribution in [-0.2, 0) is 4.79 Å². The van der Waals surface area contributed by atoms with Crippen molar-refractivity contribution in [1.82, 2.24) is 4.90 Å². The maximum Gasteiger partial charge on any atom is 0.238 e. The number of carbonyl (C=O) groups is 1. The van der Waals surface area contributed by atoms with E-state index in [9.17, 15) is 4.79 Å². The number of carbonyl (C=O) groups excluding carboxylic acids is 1. The van der Waals surface area contributed by atoms with E-state index in [1.54, 1.807) is 0 Å². The molecule has 1 amide bonds. The molecule has 4 nitrogen and oxygen atoms in total. The van der Waals surface area contributed by atoms with Crippen LogP contribution in [0.1, 0.15) is 12.8 Å². The molecule has 98 valence electrons. The molecule has 1 aliphatic rings. The Kier molecular flexibility index (Phi) is 4.73. The summed E-state index contributed by atoms with van der Waals surface area (Å²) in [7, 11) is 0. The molecule has 0 aromatic heterocycles. The van der Waals surface area contributed by atoms with E-state index in [-0.39, 0.29) is 5.91 Å². The zero-order valence-electron chi connectivity index (χ0n) is 10.6. The SMILES string of the molecule is NCC1CCN(CC(=O)Nc2ccccc2)CC1. The quantitative estimate of drug-likeness (QED) is 0.843. The molecule has 1 heterocycles. The molecule has 1 aromatic carbocycles. The number of hydrogen-bond donors (Lipinski definition) is 2. The van der Waals surface area contributed by atoms with Gasteiger partial charge in [0.25, 0.3) is 0 Å². The summed E-state index contributed by atoms with van der Waals surface area (Å²) in [4.78, 5) is 14.1. The third-order valence-electron chi connectivity index (χ3n) is 3.47. The van der Waals surface area contributed by atoms with Gasteiger partial charge in [-0.2, -0.15) is 0 Å². The van der Waals surface area contributed by atoms with Crippen molar-refractivity contribution in [1.29, 1.82) is 0 Å². The maximum absolute atomic E-state index is 11.9. The van der Waals surface area contributed by atoms with Crippen LogP contribution in [0.25, 0.3) is 0 Å². The number of likely N-dealkylation sites (tertiary alicyclic amines) is 1. The molecule has 1 aliphatic heterocycles. The monoisotopic (exact) mass is 247 g/mol. The first-order chi connectivity index (χ1) is 8.78. The minimum Gasteiger partial charge on any atom is -0.330 e. The Bertz CT molecular complexity index is 372. The molecule has 0 unspecified atom stereocenters. The molecule has 1 saturated heterocycles. The van der Waals surface area contributed by atoms with Gasteiger partial charge in [-0.1, -0.05) is 18.2 Å². The maximum atomic E-state index is 11.9. The Morgan fingerprint density at radius 1 is 1.28 bits per heavy atom. The average molecular weight is 247 g/mol. The summed E-state index contributed by atoms with van der Waals surface area (Å²) in [6.07, 6.45) is 2.21. The van der Waals surface area contributed by atoms with Crippen LogP contribution >= 0.6 is 0 Å². The normalized spacial score (nSPS) is 17.6. The zero-order chi connectivity index (χ0) is 12.8. The first-order valence-electron chi connectivity index (χ1n) is 6.55. The molecule has 1 aromatic rings. The summed E-state index contributed by atoms with van der Waals surface area (Å²) in [6.45, 7) is 3.20. The van der Waals surface area contributed by atoms with Crippen LogP contribution in [0, 0.1) is 5.92 Å². The van der Waals surface area contributed by atoms with Crippen LogP contribution in [0.4, 0.5) is 5.69 Å². The van der Waals surface area contributed by atoms with Crippen molar-refractivity contribution in [3.63, 3.8) is 0 Å². The van der Waals surface area contributed by atoms with Crippen molar-refractivity contribution in [2.45, 2.75) is 12.8 Å². The Morgan fingerprint density at radius 3 is 2.56 bits per heavy atom. The van der Waals surface area contributed by atoms with E-state index in [0.717, 1.165) is 38.2 Å². The number of nitrogens with two attached hydrogens (primary N) is 1. The summed E-state index contributed by atoms with van der Waals surface area (Å²) in [5.74, 6) is 0.700. The minimum absolute atomic E-state index is 0.0624. The Balaban J connectivity index is 1.75. The summed E-state index contributed by atoms with van der Waals surface area (Å²) in [6, 6.07) is 9.58. The number of amides is 1. The number of nitrogens with zero attached hydrogens (tertiary/aromatic N) is 1. The van der Waals surface area contributed by atoms with Crippen molar-refractivity contribution >= 4 is 11.6 Å². The summed E-state index contributed by atoms with van der Waals surface area (Å²) < 4.78 is 0. The van der Waals surface area contributed by atoms with Crippen molar-refractivity contribution < 1.29 is 4.79 Å². The largest absolute Gasteiger partial charge is 0.330 e. The standard InChI is InChI=1S/C14H21N3O/c15-10-12-6-8-17(9-7-12)11-14(18)16-13-4-2-1-3-5-13/h1-5,12H,6-11,15H2,(H,16,18). The van der Waals surface area contributed by atoms with Gasteiger partial charge in [-0.3, -0.25) is 9.69 Å². The van der Waals surface area contributed by atoms with Crippen LogP contribution in [0.3, 0.4) is 0 Å². The molecule has 0 aliphatic carbocycles. The third kappa shape index (κ3) is 3.82. The number of para-hydroxylation sites is 1. The molecule has 0 atom stereocenters. The van der Waals surface area contributed by atoms with E-state index in [1.165, 1.54) is 0 Å². The molecule has 3 N–H and O–H groups in total. The fourth-order valence-electron chi connectivity index (χ4n) is 2.31. The number of anilines is 1. The first kappa shape index (κ1) is 13.1. The van der Waals surface area contributed by atoms with Gasteiger partial charge in [-0.05, 0) is 50.5 Å². The van der Waals surface area contributed by atoms with Gasteiger partial charge in [0.2, 0.25) is 5.91 Å². The fourth-order valence-corrected chi connectivity index (χ4v) is 2.31. The topological polar surface area (TPSA) is 58.4 Å². The van der Waals surface area contributed by atoms with Gasteiger partial charge in [0.15, 0.2) is 0 Å². The predicted molar refractivity (Wildman–Crippen MR) is 73.3 cm³/mol. The summed E-state index contributed by atoms with van der Waals surface area (Å²) >= 11 is 0. The van der Waals surface area contributed by atoms with Crippen LogP contribution in [0.15, 0.2) is 30.3 Å². The molecule has 4 heteroatoms. The van der Waals surface area contributed by atoms with E-state index in [2.05, 4.69) is 10.2 Å². The van der Waals surface area contributed by atoms with Crippen molar-refractivity contribution in [3.05, 3.63) is 30.3 Å². The van der Waals surface area contributed by atoms with Gasteiger partial charge in [-0.15, -0.1) is 0 Å². The van der Waals surface area contributed by atoms with E-state index < -0.39 is 0 Å². The highest BCUT2D eigenvalue weighted by molar-refractivity contribution is 5.92. The van der Waals surface area contributed by atoms with Crippen LogP contribution in [0.5, 0.6) is 0 Å². The number of hydrogen-bond acceptors (Lipinski definition) is 3. The van der Waals surface area contributed by atoms with Gasteiger partial charge >= 0.3 is 0 Å². The lowest BCUT2D eigenvalue weighted by Crippen LogP contribution is -2.40. The summed E-state index contributed by atoms with van der Waals surface area (Å²) in [5, 5.41) is 2.91. The molecule has 0 saturated carbocycles. The highest BCUT2D eigenvalue weighted by Crippen LogP contribution is 2.15. The van der Waals surface area contributed by atoms with Crippen molar-refractivity contribution in [3.8, 4) is 0 Å². The second-order valence-corrected chi connectivity index (χ2v) is 4.87. The van der Waals surface area contributed by atoms with Crippen LogP contribution < -0.4 is 11.1 Å². The minimum atomic E-state index is 0.0624. The molecule has 1 fully saturated rings. The number of rotatable bonds is 4. The van der Waals surface area contributed by atoms with E-state index in [0.29, 0.717) is 12.5 Å². The van der Waals surface area contributed by atoms with Crippen LogP contribution in [-0.4, -0.2) is 37.0 Å². The number of nitrogens with one attached hydrogen (secondary N) is 1. The van der Waals surface area contributed by atoms with Crippen molar-refractivity contribution in [2.75, 3.05) is 31.5 Å². The molecule has 0 spiro atoms. The molecular weight excluding hydrogens is 226 g/mol. The van der Waals surface area contributed by atoms with Crippen LogP contribution in [0.2, 0.25) is 0 Å². The highest BCUT2D eigenvalue weighted by atomic mass is 16.2. The van der Waals surface area contributed by atoms with E-state index in [4.69, 9.17) is 5.73 Å². The van der Waals surface area contributed by atoms with E-state index in [1.807, 2.05) is 30.3 Å². The predicted octanol–water partition coefficient (Wildman–Crippen LogP) is 1.30. The highest BCUT2D eigenvalue weighted by Gasteiger charge is 2.19. The molecule has 18 heavy (non-hydrogen) atoms. The smallest absolute Gasteiger partial charge is 0.238 e. The van der Waals surface area contributed by atoms with Gasteiger partial charge in [0.05, 0.1) is 6.54 Å². The lowest BCUT2D eigenvalue weighted by Gasteiger charge is -2.30. The molecule has 2 rings (SSSR count). The molecule has 0 bridgehead atoms. The lowest BCUT2D eigenvalue weighted by molar-refractivity contribution is -0.117. The second kappa shape index (κ2) is 6.52. The van der Waals surface area contributed by atoms with Gasteiger partial charge in [0.1, 0.15) is 0 Å². The average Bonchev–Trinajstić information content (AvgIpc) is 2.40. The molecular formula is C14H21N3O. The van der Waals surface area contributed by atoms with E-state index >= 15 is 0 Å². The molecule has 0 radical (unpaired) electrons. The second-order valence-electron chi connectivity index (χ2n) is 4.87. The van der Waals surface area contributed by atoms with Crippen molar-refractivity contribution in [2.24, 2.45) is 11.7 Å².